The number of terminal acetylenes is 1. The molecule has 6 saturated heterocycles. The number of ether oxygens (including phenoxy) is 2. The summed E-state index contributed by atoms with van der Waals surface area (Å²) in [6.45, 7) is 43.8. The molecular weight excluding hydrogens is 1460 g/mol. The minimum absolute atomic E-state index is 0. The van der Waals surface area contributed by atoms with Crippen molar-refractivity contribution in [1.82, 2.24) is 30.2 Å². The molecule has 6 aromatic rings. The molecule has 0 saturated carbocycles. The van der Waals surface area contributed by atoms with Crippen LogP contribution in [0, 0.1) is 36.0 Å². The Kier molecular flexibility index (Phi) is 41.9. The number of carbonyl (C=O) groups is 2. The molecule has 0 bridgehead atoms. The predicted octanol–water partition coefficient (Wildman–Crippen LogP) is 18.6. The molecule has 0 amide bonds. The first-order chi connectivity index (χ1) is 50.9. The first-order valence-electron chi connectivity index (χ1n) is 38.4. The number of piperidine rings is 4. The SMILES string of the molecule is C.C#CC#CC#CC.CC(C)c1ccc(CN2CCC(=O)CC2)cc1.CC(C)c1ccc(CN2CCC3(CC2)NCCO3)cc1.CC(C)c1ccc(CN2CCC3(CC2)OCCN3Cc2ccc(C(C)C)cc2)cc1.CC(C)c1ccc(S(=O)(=O)Cl)cc1.CC(C)c1ccc(S(=O)(=O)Cl)cc1.Cl.O=C1CCNCC1. The van der Waals surface area contributed by atoms with E-state index in [0.29, 0.717) is 47.1 Å². The molecule has 0 unspecified atom stereocenters. The molecule has 0 aliphatic carbocycles. The number of hydrogen-bond donors (Lipinski definition) is 2. The molecule has 109 heavy (non-hydrogen) atoms. The van der Waals surface area contributed by atoms with Crippen LogP contribution in [0.2, 0.25) is 0 Å². The van der Waals surface area contributed by atoms with E-state index < -0.39 is 18.1 Å². The normalized spacial score (nSPS) is 17.0. The number of likely N-dealkylation sites (tertiary alicyclic amines) is 3. The third-order valence-corrected chi connectivity index (χ3v) is 23.0. The molecule has 0 radical (unpaired) electrons. The highest BCUT2D eigenvalue weighted by atomic mass is 35.7. The van der Waals surface area contributed by atoms with Gasteiger partial charge in [-0.15, -0.1) is 18.8 Å². The third kappa shape index (κ3) is 33.6. The van der Waals surface area contributed by atoms with E-state index in [1.54, 1.807) is 31.2 Å². The lowest BCUT2D eigenvalue weighted by molar-refractivity contribution is -0.123. The molecule has 6 aliphatic heterocycles. The topological polar surface area (TPSA) is 158 Å². The molecule has 12 rings (SSSR count). The summed E-state index contributed by atoms with van der Waals surface area (Å²) in [5.41, 5.74) is 13.4. The van der Waals surface area contributed by atoms with Crippen molar-refractivity contribution in [1.29, 1.82) is 0 Å². The second-order valence-corrected chi connectivity index (χ2v) is 35.5. The van der Waals surface area contributed by atoms with Gasteiger partial charge in [-0.1, -0.05) is 218 Å². The monoisotopic (exact) mass is 1590 g/mol. The highest BCUT2D eigenvalue weighted by Crippen LogP contribution is 2.37. The first kappa shape index (κ1) is 95.2. The van der Waals surface area contributed by atoms with Crippen molar-refractivity contribution >= 4 is 63.4 Å². The predicted molar refractivity (Wildman–Crippen MR) is 455 cm³/mol. The number of hydrogen-bond acceptors (Lipinski definition) is 14. The highest BCUT2D eigenvalue weighted by Gasteiger charge is 2.44. The van der Waals surface area contributed by atoms with Crippen molar-refractivity contribution in [3.8, 4) is 36.0 Å². The van der Waals surface area contributed by atoms with Crippen molar-refractivity contribution in [2.75, 3.05) is 78.7 Å². The number of benzene rings is 6. The van der Waals surface area contributed by atoms with Gasteiger partial charge in [-0.3, -0.25) is 34.5 Å². The van der Waals surface area contributed by atoms with E-state index in [1.807, 2.05) is 27.7 Å². The van der Waals surface area contributed by atoms with Crippen molar-refractivity contribution in [3.05, 3.63) is 201 Å². The van der Waals surface area contributed by atoms with Gasteiger partial charge in [0.2, 0.25) is 0 Å². The van der Waals surface area contributed by atoms with Crippen molar-refractivity contribution in [2.24, 2.45) is 0 Å². The van der Waals surface area contributed by atoms with Gasteiger partial charge in [-0.25, -0.2) is 16.8 Å². The molecule has 2 spiro atoms. The summed E-state index contributed by atoms with van der Waals surface area (Å²) in [4.78, 5) is 32.0. The number of carbonyl (C=O) groups excluding carboxylic acids is 2. The van der Waals surface area contributed by atoms with E-state index in [0.717, 1.165) is 167 Å². The van der Waals surface area contributed by atoms with Crippen LogP contribution in [-0.2, 0) is 63.3 Å². The number of ketones is 2. The number of nitrogens with zero attached hydrogens (tertiary/aromatic N) is 4. The van der Waals surface area contributed by atoms with Crippen LogP contribution in [0.25, 0.3) is 0 Å². The number of rotatable bonds is 16. The fourth-order valence-electron chi connectivity index (χ4n) is 13.2. The summed E-state index contributed by atoms with van der Waals surface area (Å²) < 4.78 is 55.8. The van der Waals surface area contributed by atoms with E-state index in [-0.39, 0.29) is 41.1 Å². The van der Waals surface area contributed by atoms with Crippen molar-refractivity contribution in [2.45, 2.75) is 232 Å². The number of halogens is 3. The second kappa shape index (κ2) is 48.0. The fourth-order valence-corrected chi connectivity index (χ4v) is 14.7. The quantitative estimate of drug-likeness (QED) is 0.0696. The van der Waals surface area contributed by atoms with E-state index in [2.05, 4.69) is 212 Å². The third-order valence-electron chi connectivity index (χ3n) is 20.3. The lowest BCUT2D eigenvalue weighted by Crippen LogP contribution is -2.52. The first-order valence-corrected chi connectivity index (χ1v) is 43.0. The summed E-state index contributed by atoms with van der Waals surface area (Å²) in [5.74, 6) is 16.0. The highest BCUT2D eigenvalue weighted by molar-refractivity contribution is 8.14. The molecule has 19 heteroatoms. The average Bonchev–Trinajstić information content (AvgIpc) is 1.67. The zero-order valence-corrected chi connectivity index (χ0v) is 70.4. The van der Waals surface area contributed by atoms with Gasteiger partial charge in [0.15, 0.2) is 0 Å². The van der Waals surface area contributed by atoms with Gasteiger partial charge in [0.05, 0.1) is 23.0 Å². The van der Waals surface area contributed by atoms with Gasteiger partial charge >= 0.3 is 0 Å². The Morgan fingerprint density at radius 2 is 0.743 bits per heavy atom. The van der Waals surface area contributed by atoms with Gasteiger partial charge in [0.1, 0.15) is 23.0 Å². The summed E-state index contributed by atoms with van der Waals surface area (Å²) in [6.07, 6.45) is 12.1. The largest absolute Gasteiger partial charge is 0.359 e. The maximum absolute atomic E-state index is 11.2. The average molecular weight is 1590 g/mol. The Balaban J connectivity index is 0.000000282. The lowest BCUT2D eigenvalue weighted by atomic mass is 9.96. The molecule has 14 nitrogen and oxygen atoms in total. The fraction of sp³-hybridized carbons (Fsp3) is 0.511. The lowest BCUT2D eigenvalue weighted by Gasteiger charge is -2.43. The Labute approximate surface area is 672 Å². The molecule has 6 aromatic carbocycles. The van der Waals surface area contributed by atoms with Crippen LogP contribution in [0.1, 0.15) is 240 Å². The summed E-state index contributed by atoms with van der Waals surface area (Å²) in [5, 5.41) is 6.62. The Bertz CT molecular complexity index is 3970. The Morgan fingerprint density at radius 1 is 0.422 bits per heavy atom. The minimum Gasteiger partial charge on any atom is -0.359 e. The van der Waals surface area contributed by atoms with Gasteiger partial charge in [-0.2, -0.15) is 0 Å². The molecule has 6 fully saturated rings. The molecule has 6 aliphatic rings. The standard InChI is InChI=1S/C27H38N2O.C17H26N2O.C15H21NO.2C9H11ClO2S.C7H4.C5H9NO.CH4.ClH/c1-21(2)25-9-5-23(6-10-25)19-28-15-13-27(14-16-28)29(17-18-30-27)20-24-7-11-26(12-8-24)22(3)4;1-14(2)16-5-3-15(4-6-16)13-19-10-7-17(8-11-19)18-9-12-20-17;1-12(2)14-5-3-13(4-6-14)11-16-9-7-15(17)8-10-16;2*1-7(2)8-3-5-9(6-4-8)13(10,11)12;1-3-5-7-6-4-2;7-5-1-3-6-4-2-5;;/h5-12,21-22H,13-20H2,1-4H3;3-6,14,18H,7-13H2,1-2H3;3-6,12H,7-11H2,1-2H3;2*3-7H,1-2H3;1H,2H3;6H,1-4H2;1H4;1H. The van der Waals surface area contributed by atoms with Crippen molar-refractivity contribution < 1.29 is 35.9 Å². The van der Waals surface area contributed by atoms with Crippen LogP contribution < -0.4 is 10.6 Å². The van der Waals surface area contributed by atoms with Crippen molar-refractivity contribution in [3.63, 3.8) is 0 Å². The number of nitrogens with one attached hydrogen (secondary N) is 2. The molecule has 6 heterocycles. The second-order valence-electron chi connectivity index (χ2n) is 30.3. The summed E-state index contributed by atoms with van der Waals surface area (Å²) in [6, 6.07) is 49.6. The Morgan fingerprint density at radius 3 is 1.04 bits per heavy atom. The van der Waals surface area contributed by atoms with Crippen LogP contribution in [0.5, 0.6) is 0 Å². The molecular formula is C90H125Cl3N6O8S2. The van der Waals surface area contributed by atoms with Crippen LogP contribution in [0.4, 0.5) is 0 Å². The summed E-state index contributed by atoms with van der Waals surface area (Å²) in [7, 11) is 3.18. The van der Waals surface area contributed by atoms with Gasteiger partial charge in [0, 0.05) is 164 Å². The zero-order valence-electron chi connectivity index (χ0n) is 66.4. The van der Waals surface area contributed by atoms with Gasteiger partial charge in [-0.05, 0) is 146 Å². The van der Waals surface area contributed by atoms with Gasteiger partial charge in [0.25, 0.3) is 18.1 Å². The van der Waals surface area contributed by atoms with E-state index >= 15 is 0 Å². The molecule has 0 atom stereocenters. The molecule has 596 valence electrons. The molecule has 2 N–H and O–H groups in total. The van der Waals surface area contributed by atoms with Gasteiger partial charge < -0.3 is 14.8 Å². The molecule has 0 aromatic heterocycles. The maximum Gasteiger partial charge on any atom is 0.261 e. The zero-order chi connectivity index (χ0) is 78.2. The smallest absolute Gasteiger partial charge is 0.261 e. The van der Waals surface area contributed by atoms with E-state index in [9.17, 15) is 26.4 Å². The van der Waals surface area contributed by atoms with E-state index in [4.69, 9.17) is 37.3 Å². The summed E-state index contributed by atoms with van der Waals surface area (Å²) >= 11 is 0. The van der Waals surface area contributed by atoms with Crippen LogP contribution >= 0.6 is 33.8 Å². The van der Waals surface area contributed by atoms with Crippen LogP contribution in [0.15, 0.2) is 155 Å². The van der Waals surface area contributed by atoms with Crippen LogP contribution in [-0.4, -0.2) is 138 Å². The maximum atomic E-state index is 11.2. The number of Topliss-reactive ketones (excluding diaryl/α,β-unsaturated/α-hetero) is 2. The van der Waals surface area contributed by atoms with Crippen LogP contribution in [0.3, 0.4) is 0 Å². The Hall–Kier alpha value is -6.21. The minimum atomic E-state index is -3.57. The van der Waals surface area contributed by atoms with E-state index in [1.165, 1.54) is 68.8 Å².